The summed E-state index contributed by atoms with van der Waals surface area (Å²) in [5.74, 6) is -7.68. The molecule has 0 atom stereocenters. The van der Waals surface area contributed by atoms with Crippen molar-refractivity contribution in [2.75, 3.05) is 19.5 Å². The number of nitrogens with zero attached hydrogens (tertiary/aromatic N) is 6. The van der Waals surface area contributed by atoms with Gasteiger partial charge in [0.25, 0.3) is 59.1 Å². The molecule has 9 rings (SSSR count). The number of anilines is 3. The number of aryl methyl sites for hydroxylation is 3. The summed E-state index contributed by atoms with van der Waals surface area (Å²) in [4.78, 5) is 191. The number of alkyl halides is 1. The van der Waals surface area contributed by atoms with Gasteiger partial charge in [0.2, 0.25) is 12.0 Å². The third-order valence-corrected chi connectivity index (χ3v) is 12.2. The predicted molar refractivity (Wildman–Crippen MR) is 282 cm³/mol. The Hall–Kier alpha value is -9.95. The zero-order valence-electron chi connectivity index (χ0n) is 42.2. The monoisotopic (exact) mass is 1210 g/mol. The largest absolute Gasteiger partial charge is 0.363 e. The lowest BCUT2D eigenvalue weighted by atomic mass is 10.1. The van der Waals surface area contributed by atoms with Crippen LogP contribution in [0.5, 0.6) is 0 Å². The van der Waals surface area contributed by atoms with Gasteiger partial charge in [-0.05, 0) is 104 Å². The van der Waals surface area contributed by atoms with Crippen LogP contribution < -0.4 is 15.1 Å². The Morgan fingerprint density at radius 3 is 1.46 bits per heavy atom. The fourth-order valence-electron chi connectivity index (χ4n) is 7.26. The Bertz CT molecular complexity index is 3270. The first-order valence-electron chi connectivity index (χ1n) is 23.8. The summed E-state index contributed by atoms with van der Waals surface area (Å²) in [6.45, 7) is 4.00. The number of amides is 11. The molecule has 5 heterocycles. The lowest BCUT2D eigenvalue weighted by molar-refractivity contribution is -0.197. The second kappa shape index (κ2) is 27.4. The average Bonchev–Trinajstić information content (AvgIpc) is 4.25. The number of nitrogens with one attached hydrogen (secondary N) is 1. The van der Waals surface area contributed by atoms with E-state index in [1.165, 1.54) is 72.3 Å². The molecule has 0 saturated carbocycles. The SMILES string of the molecule is Cc1ccc(N=C=O)cc1C.O=C(CCc1ccc(N2C(=O)C=CC2=O)cc1)ON1C(=O)CCC1=O.O=C(CI)Nc1ccc(C(=O)ON2C(=O)CCC2=O)cc1.O=C(ON1C(=O)CCC1=O)c1cccc(N2C(=O)C=CC2=O)c1. The number of isocyanates is 1. The van der Waals surface area contributed by atoms with Gasteiger partial charge in [0.1, 0.15) is 0 Å². The molecule has 3 fully saturated rings. The van der Waals surface area contributed by atoms with Gasteiger partial charge in [-0.15, -0.1) is 15.2 Å². The number of rotatable bonds is 13. The maximum absolute atomic E-state index is 12.0. The van der Waals surface area contributed by atoms with Crippen molar-refractivity contribution >= 4 is 134 Å². The van der Waals surface area contributed by atoms with Crippen LogP contribution >= 0.6 is 22.6 Å². The van der Waals surface area contributed by atoms with E-state index in [-0.39, 0.29) is 67.7 Å². The van der Waals surface area contributed by atoms with Gasteiger partial charge >= 0.3 is 17.9 Å². The normalized spacial score (nSPS) is 15.3. The van der Waals surface area contributed by atoms with Crippen LogP contribution in [0.3, 0.4) is 0 Å². The standard InChI is InChI=1S/C17H14N2O6.C15H10N2O6.C13H11IN2O5.C9H9NO/c20-13-6-7-14(21)18(13)12-4-1-11(2-5-12)3-10-17(24)25-19-15(22)8-9-16(19)23;18-11-4-5-12(19)16(11)10-3-1-2-9(8-10)15(22)23-17-13(20)6-7-14(17)21;14-7-10(17)15-9-3-1-8(2-4-9)13(20)21-16-11(18)5-6-12(16)19;1-7-3-4-9(10-6-11)5-8(7)2/h1-2,4-7H,3,8-10H2;1-5,8H,6-7H2;1-4H,5-7H2,(H,15,17);3-5H,1-2H3. The Morgan fingerprint density at radius 2 is 1.00 bits per heavy atom. The summed E-state index contributed by atoms with van der Waals surface area (Å²) >= 11 is 1.93. The van der Waals surface area contributed by atoms with E-state index in [4.69, 9.17) is 14.5 Å². The maximum atomic E-state index is 12.0. The Labute approximate surface area is 466 Å². The number of carbonyl (C=O) groups is 14. The second-order valence-electron chi connectivity index (χ2n) is 17.1. The fraction of sp³-hybridized carbons (Fsp3) is 0.204. The number of hydroxylamine groups is 6. The number of hydrogen-bond donors (Lipinski definition) is 1. The molecule has 0 aromatic heterocycles. The highest BCUT2D eigenvalue weighted by Gasteiger charge is 2.36. The Kier molecular flexibility index (Phi) is 20.3. The maximum Gasteiger partial charge on any atom is 0.363 e. The van der Waals surface area contributed by atoms with E-state index >= 15 is 0 Å². The van der Waals surface area contributed by atoms with Crippen molar-refractivity contribution in [3.8, 4) is 0 Å². The molecule has 26 heteroatoms. The first kappa shape index (κ1) is 59.3. The third-order valence-electron chi connectivity index (χ3n) is 11.5. The molecule has 5 aliphatic heterocycles. The Morgan fingerprint density at radius 1 is 0.537 bits per heavy atom. The van der Waals surface area contributed by atoms with E-state index in [1.807, 2.05) is 48.6 Å². The van der Waals surface area contributed by atoms with Crippen LogP contribution in [0, 0.1) is 13.8 Å². The molecule has 1 N–H and O–H groups in total. The predicted octanol–water partition coefficient (Wildman–Crippen LogP) is 4.54. The summed E-state index contributed by atoms with van der Waals surface area (Å²) in [6, 6.07) is 23.7. The molecule has 0 unspecified atom stereocenters. The molecular weight excluding hydrogens is 1160 g/mol. The number of halogens is 1. The molecule has 3 saturated heterocycles. The molecule has 80 heavy (non-hydrogen) atoms. The van der Waals surface area contributed by atoms with Gasteiger partial charge < -0.3 is 19.8 Å². The van der Waals surface area contributed by atoms with Crippen LogP contribution in [-0.2, 0) is 83.3 Å². The number of imide groups is 5. The van der Waals surface area contributed by atoms with Crippen molar-refractivity contribution < 1.29 is 86.4 Å². The lowest BCUT2D eigenvalue weighted by Crippen LogP contribution is -2.32. The van der Waals surface area contributed by atoms with E-state index in [2.05, 4.69) is 10.3 Å². The van der Waals surface area contributed by atoms with Crippen molar-refractivity contribution in [1.29, 1.82) is 0 Å². The Balaban J connectivity index is 0.000000178. The number of benzene rings is 4. The first-order chi connectivity index (χ1) is 38.2. The molecule has 0 spiro atoms. The smallest absolute Gasteiger partial charge is 0.330 e. The van der Waals surface area contributed by atoms with Crippen LogP contribution in [-0.4, -0.2) is 109 Å². The van der Waals surface area contributed by atoms with Crippen molar-refractivity contribution in [2.24, 2.45) is 4.99 Å². The highest BCUT2D eigenvalue weighted by molar-refractivity contribution is 14.1. The summed E-state index contributed by atoms with van der Waals surface area (Å²) in [5.41, 5.74) is 5.16. The van der Waals surface area contributed by atoms with E-state index in [0.29, 0.717) is 43.1 Å². The van der Waals surface area contributed by atoms with Crippen molar-refractivity contribution in [3.63, 3.8) is 0 Å². The van der Waals surface area contributed by atoms with E-state index in [1.54, 1.807) is 30.3 Å². The van der Waals surface area contributed by atoms with Crippen LogP contribution in [0.1, 0.15) is 82.4 Å². The van der Waals surface area contributed by atoms with Gasteiger partial charge in [-0.1, -0.05) is 46.9 Å². The molecule has 0 radical (unpaired) electrons. The van der Waals surface area contributed by atoms with Gasteiger partial charge in [-0.25, -0.2) is 29.0 Å². The fourth-order valence-corrected chi connectivity index (χ4v) is 7.45. The topological polar surface area (TPSA) is 324 Å². The van der Waals surface area contributed by atoms with Gasteiger partial charge in [-0.3, -0.25) is 52.7 Å². The van der Waals surface area contributed by atoms with Crippen molar-refractivity contribution in [3.05, 3.63) is 143 Å². The molecular formula is C54H44IN7O18. The van der Waals surface area contributed by atoms with Gasteiger partial charge in [0.15, 0.2) is 0 Å². The van der Waals surface area contributed by atoms with Crippen molar-refractivity contribution in [1.82, 2.24) is 15.2 Å². The van der Waals surface area contributed by atoms with E-state index in [0.717, 1.165) is 33.1 Å². The molecule has 11 amide bonds. The summed E-state index contributed by atoms with van der Waals surface area (Å²) in [7, 11) is 0. The molecule has 0 bridgehead atoms. The number of aliphatic imine (C=N–C) groups is 1. The summed E-state index contributed by atoms with van der Waals surface area (Å²) < 4.78 is 0.320. The number of carbonyl (C=O) groups excluding carboxylic acids is 15. The van der Waals surface area contributed by atoms with E-state index in [9.17, 15) is 71.9 Å². The third kappa shape index (κ3) is 15.6. The van der Waals surface area contributed by atoms with E-state index < -0.39 is 77.0 Å². The zero-order chi connectivity index (χ0) is 58.2. The average molecular weight is 1210 g/mol. The van der Waals surface area contributed by atoms with Crippen LogP contribution in [0.2, 0.25) is 0 Å². The van der Waals surface area contributed by atoms with Crippen molar-refractivity contribution in [2.45, 2.75) is 65.2 Å². The van der Waals surface area contributed by atoms with Gasteiger partial charge in [0.05, 0.1) is 39.0 Å². The molecule has 4 aromatic carbocycles. The molecule has 4 aromatic rings. The molecule has 410 valence electrons. The molecule has 5 aliphatic rings. The zero-order valence-corrected chi connectivity index (χ0v) is 44.4. The molecule has 25 nitrogen and oxygen atoms in total. The summed E-state index contributed by atoms with van der Waals surface area (Å²) in [5, 5.41) is 4.07. The minimum atomic E-state index is -0.928. The minimum Gasteiger partial charge on any atom is -0.330 e. The summed E-state index contributed by atoms with van der Waals surface area (Å²) in [6.07, 6.45) is 6.65. The van der Waals surface area contributed by atoms with Crippen LogP contribution in [0.4, 0.5) is 22.7 Å². The van der Waals surface area contributed by atoms with Gasteiger partial charge in [0, 0.05) is 68.5 Å². The lowest BCUT2D eigenvalue weighted by Gasteiger charge is -2.16. The highest BCUT2D eigenvalue weighted by Crippen LogP contribution is 2.24. The molecule has 0 aliphatic carbocycles. The van der Waals surface area contributed by atoms with Gasteiger partial charge in [-0.2, -0.15) is 4.99 Å². The minimum absolute atomic E-state index is 0.00231. The van der Waals surface area contributed by atoms with Crippen LogP contribution in [0.25, 0.3) is 0 Å². The highest BCUT2D eigenvalue weighted by atomic mass is 127. The first-order valence-corrected chi connectivity index (χ1v) is 25.4. The quantitative estimate of drug-likeness (QED) is 0.0631. The van der Waals surface area contributed by atoms with Crippen LogP contribution in [0.15, 0.2) is 120 Å². The number of hydrogen-bond acceptors (Lipinski definition) is 19. The second-order valence-corrected chi connectivity index (χ2v) is 17.9.